The van der Waals surface area contributed by atoms with Gasteiger partial charge in [0.2, 0.25) is 11.5 Å². The molecule has 4 aliphatic rings. The molecule has 11 heteroatoms. The molecule has 3 aromatic rings. The topological polar surface area (TPSA) is 94.9 Å². The molecule has 4 heterocycles. The maximum atomic E-state index is 14.1. The molecule has 1 saturated carbocycles. The first kappa shape index (κ1) is 30.7. The SMILES string of the molecule is NC(=O)C1C(CN2CCC(N3CCOCC3)CC2)=C(c2cccc(C(F)(F)F)c2)N(C2(c3ccccc3)CC2)c2ccc(=O)[nH]c21. The van der Waals surface area contributed by atoms with Crippen molar-refractivity contribution in [1.82, 2.24) is 14.8 Å². The number of halogens is 3. The standard InChI is InChI=1S/C35H38F3N5O3/c36-35(37,38)25-8-4-5-23(21-25)32-27(22-41-15-11-26(12-16-41)42-17-19-46-20-18-42)30(33(39)45)31-28(9-10-29(44)40-31)43(32)34(13-14-34)24-6-2-1-3-7-24/h1-10,21,26,30H,11-20,22H2,(H2,39,45)(H,40,44). The van der Waals surface area contributed by atoms with Crippen LogP contribution in [-0.2, 0) is 21.2 Å². The van der Waals surface area contributed by atoms with E-state index in [1.165, 1.54) is 18.2 Å². The van der Waals surface area contributed by atoms with Crippen molar-refractivity contribution in [3.05, 3.63) is 105 Å². The molecule has 7 rings (SSSR count). The Hall–Kier alpha value is -3.93. The molecule has 3 N–H and O–H groups in total. The van der Waals surface area contributed by atoms with Crippen molar-refractivity contribution in [2.75, 3.05) is 50.8 Å². The molecule has 8 nitrogen and oxygen atoms in total. The number of nitrogens with one attached hydrogen (secondary N) is 1. The van der Waals surface area contributed by atoms with Gasteiger partial charge >= 0.3 is 6.18 Å². The quantitative estimate of drug-likeness (QED) is 0.393. The van der Waals surface area contributed by atoms with Crippen LogP contribution in [0.25, 0.3) is 5.70 Å². The number of rotatable bonds is 7. The second-order valence-electron chi connectivity index (χ2n) is 12.8. The number of nitrogens with zero attached hydrogens (tertiary/aromatic N) is 3. The Bertz CT molecular complexity index is 1690. The highest BCUT2D eigenvalue weighted by Crippen LogP contribution is 2.59. The third-order valence-corrected chi connectivity index (χ3v) is 10.1. The highest BCUT2D eigenvalue weighted by Gasteiger charge is 2.54. The number of aromatic amines is 1. The number of benzene rings is 2. The van der Waals surface area contributed by atoms with Gasteiger partial charge in [0, 0.05) is 31.7 Å². The molecule has 1 aromatic heterocycles. The summed E-state index contributed by atoms with van der Waals surface area (Å²) >= 11 is 0. The van der Waals surface area contributed by atoms with E-state index in [0.717, 1.165) is 76.7 Å². The molecule has 1 aliphatic carbocycles. The molecule has 3 fully saturated rings. The van der Waals surface area contributed by atoms with Crippen LogP contribution in [0.1, 0.15) is 54.0 Å². The van der Waals surface area contributed by atoms with E-state index in [-0.39, 0.29) is 5.56 Å². The van der Waals surface area contributed by atoms with E-state index in [9.17, 15) is 22.8 Å². The number of amides is 1. The average molecular weight is 634 g/mol. The number of anilines is 1. The minimum Gasteiger partial charge on any atom is -0.379 e. The molecule has 242 valence electrons. The molecular weight excluding hydrogens is 595 g/mol. The number of aromatic nitrogens is 1. The summed E-state index contributed by atoms with van der Waals surface area (Å²) in [5.41, 5.74) is 7.91. The van der Waals surface area contributed by atoms with Crippen molar-refractivity contribution in [2.45, 2.75) is 49.4 Å². The molecule has 1 amide bonds. The number of fused-ring (bicyclic) bond motifs is 1. The normalized spacial score (nSPS) is 22.5. The lowest BCUT2D eigenvalue weighted by atomic mass is 9.82. The summed E-state index contributed by atoms with van der Waals surface area (Å²) in [6, 6.07) is 18.7. The van der Waals surface area contributed by atoms with Gasteiger partial charge in [0.25, 0.3) is 0 Å². The average Bonchev–Trinajstić information content (AvgIpc) is 3.87. The van der Waals surface area contributed by atoms with Gasteiger partial charge in [0.05, 0.1) is 41.4 Å². The zero-order valence-corrected chi connectivity index (χ0v) is 25.6. The lowest BCUT2D eigenvalue weighted by molar-refractivity contribution is -0.137. The van der Waals surface area contributed by atoms with Gasteiger partial charge in [-0.3, -0.25) is 19.4 Å². The summed E-state index contributed by atoms with van der Waals surface area (Å²) in [5, 5.41) is 0. The van der Waals surface area contributed by atoms with Gasteiger partial charge in [0.1, 0.15) is 5.92 Å². The van der Waals surface area contributed by atoms with E-state index in [4.69, 9.17) is 10.5 Å². The Balaban J connectivity index is 1.39. The molecule has 0 bridgehead atoms. The van der Waals surface area contributed by atoms with Gasteiger partial charge in [-0.2, -0.15) is 13.2 Å². The Labute approximate surface area is 265 Å². The fourth-order valence-corrected chi connectivity index (χ4v) is 7.69. The molecule has 2 saturated heterocycles. The first-order chi connectivity index (χ1) is 22.2. The Morgan fingerprint density at radius 3 is 2.33 bits per heavy atom. The van der Waals surface area contributed by atoms with Crippen molar-refractivity contribution in [3.8, 4) is 0 Å². The lowest BCUT2D eigenvalue weighted by Gasteiger charge is -2.45. The van der Waals surface area contributed by atoms with Crippen molar-refractivity contribution in [1.29, 1.82) is 0 Å². The number of H-pyrrole nitrogens is 1. The number of likely N-dealkylation sites (tertiary alicyclic amines) is 1. The summed E-state index contributed by atoms with van der Waals surface area (Å²) in [5.74, 6) is -1.68. The number of carbonyl (C=O) groups excluding carboxylic acids is 1. The van der Waals surface area contributed by atoms with Gasteiger partial charge < -0.3 is 20.4 Å². The van der Waals surface area contributed by atoms with Crippen molar-refractivity contribution < 1.29 is 22.7 Å². The lowest BCUT2D eigenvalue weighted by Crippen LogP contribution is -2.50. The Morgan fingerprint density at radius 1 is 0.957 bits per heavy atom. The number of alkyl halides is 3. The van der Waals surface area contributed by atoms with Crippen LogP contribution >= 0.6 is 0 Å². The molecule has 1 unspecified atom stereocenters. The third-order valence-electron chi connectivity index (χ3n) is 10.1. The van der Waals surface area contributed by atoms with Gasteiger partial charge in [-0.25, -0.2) is 0 Å². The van der Waals surface area contributed by atoms with E-state index in [1.54, 1.807) is 12.1 Å². The van der Waals surface area contributed by atoms with E-state index >= 15 is 0 Å². The van der Waals surface area contributed by atoms with E-state index in [0.29, 0.717) is 40.8 Å². The van der Waals surface area contributed by atoms with Crippen molar-refractivity contribution in [2.24, 2.45) is 5.73 Å². The number of carbonyl (C=O) groups is 1. The van der Waals surface area contributed by atoms with Gasteiger partial charge in [-0.05, 0) is 73.7 Å². The molecule has 0 radical (unpaired) electrons. The summed E-state index contributed by atoms with van der Waals surface area (Å²) in [6.07, 6.45) is -1.20. The fraction of sp³-hybridized carbons (Fsp3) is 0.429. The maximum Gasteiger partial charge on any atom is 0.416 e. The number of hydrogen-bond donors (Lipinski definition) is 2. The predicted molar refractivity (Wildman–Crippen MR) is 169 cm³/mol. The van der Waals surface area contributed by atoms with Crippen LogP contribution in [0.5, 0.6) is 0 Å². The minimum absolute atomic E-state index is 0.326. The molecule has 1 atom stereocenters. The summed E-state index contributed by atoms with van der Waals surface area (Å²) in [7, 11) is 0. The Kier molecular flexibility index (Phi) is 8.02. The minimum atomic E-state index is -4.56. The van der Waals surface area contributed by atoms with Crippen LogP contribution in [0.15, 0.2) is 77.1 Å². The number of morpholine rings is 1. The summed E-state index contributed by atoms with van der Waals surface area (Å²) < 4.78 is 47.9. The van der Waals surface area contributed by atoms with Crippen LogP contribution in [0.2, 0.25) is 0 Å². The number of ether oxygens (including phenoxy) is 1. The molecule has 2 aromatic carbocycles. The van der Waals surface area contributed by atoms with Gasteiger partial charge in [-0.15, -0.1) is 0 Å². The fourth-order valence-electron chi connectivity index (χ4n) is 7.69. The highest BCUT2D eigenvalue weighted by atomic mass is 19.4. The van der Waals surface area contributed by atoms with Crippen molar-refractivity contribution in [3.63, 3.8) is 0 Å². The van der Waals surface area contributed by atoms with Gasteiger partial charge in [-0.1, -0.05) is 42.5 Å². The van der Waals surface area contributed by atoms with Crippen LogP contribution < -0.4 is 16.2 Å². The summed E-state index contributed by atoms with van der Waals surface area (Å²) in [4.78, 5) is 35.9. The van der Waals surface area contributed by atoms with E-state index in [2.05, 4.69) is 19.7 Å². The zero-order valence-electron chi connectivity index (χ0n) is 25.6. The van der Waals surface area contributed by atoms with E-state index < -0.39 is 29.1 Å². The highest BCUT2D eigenvalue weighted by molar-refractivity contribution is 5.97. The number of piperidine rings is 1. The molecule has 0 spiro atoms. The number of pyridine rings is 1. The smallest absolute Gasteiger partial charge is 0.379 e. The molecule has 46 heavy (non-hydrogen) atoms. The second-order valence-corrected chi connectivity index (χ2v) is 12.8. The van der Waals surface area contributed by atoms with Crippen LogP contribution in [0.3, 0.4) is 0 Å². The van der Waals surface area contributed by atoms with Crippen LogP contribution in [-0.4, -0.2) is 72.7 Å². The molecule has 3 aliphatic heterocycles. The third kappa shape index (κ3) is 5.65. The number of nitrogens with two attached hydrogens (primary N) is 1. The van der Waals surface area contributed by atoms with E-state index in [1.807, 2.05) is 30.3 Å². The monoisotopic (exact) mass is 633 g/mol. The van der Waals surface area contributed by atoms with Crippen LogP contribution in [0.4, 0.5) is 18.9 Å². The van der Waals surface area contributed by atoms with Gasteiger partial charge in [0.15, 0.2) is 0 Å². The zero-order chi connectivity index (χ0) is 32.1. The first-order valence-electron chi connectivity index (χ1n) is 16.0. The molecular formula is C35H38F3N5O3. The Morgan fingerprint density at radius 2 is 1.67 bits per heavy atom. The maximum absolute atomic E-state index is 14.1. The second kappa shape index (κ2) is 12.0. The largest absolute Gasteiger partial charge is 0.416 e. The number of primary amides is 1. The number of hydrogen-bond acceptors (Lipinski definition) is 6. The predicted octanol–water partition coefficient (Wildman–Crippen LogP) is 4.68. The van der Waals surface area contributed by atoms with Crippen LogP contribution in [0, 0.1) is 0 Å². The first-order valence-corrected chi connectivity index (χ1v) is 16.0. The van der Waals surface area contributed by atoms with Crippen molar-refractivity contribution >= 4 is 17.3 Å². The summed E-state index contributed by atoms with van der Waals surface area (Å²) in [6.45, 7) is 5.10.